The third kappa shape index (κ3) is 2.91. The molecule has 0 radical (unpaired) electrons. The molecule has 2 aromatic rings. The molecule has 0 unspecified atom stereocenters. The summed E-state index contributed by atoms with van der Waals surface area (Å²) in [5.74, 6) is 0.555. The summed E-state index contributed by atoms with van der Waals surface area (Å²) in [4.78, 5) is 4.35. The fourth-order valence-corrected chi connectivity index (χ4v) is 2.61. The van der Waals surface area contributed by atoms with Crippen LogP contribution in [0.1, 0.15) is 16.3 Å². The average Bonchev–Trinajstić information content (AvgIpc) is 2.76. The lowest BCUT2D eigenvalue weighted by atomic mass is 10.2. The van der Waals surface area contributed by atoms with Crippen LogP contribution in [0.5, 0.6) is 11.5 Å². The molecule has 3 nitrogen and oxygen atoms in total. The number of halogens is 1. The lowest BCUT2D eigenvalue weighted by Crippen LogP contribution is -1.85. The third-order valence-electron chi connectivity index (χ3n) is 2.33. The van der Waals surface area contributed by atoms with Gasteiger partial charge in [-0.1, -0.05) is 6.08 Å². The number of benzene rings is 1. The SMILES string of the molecule is COc1cc(/C=C/c2nc(C)cs2)cc(Br)c1O. The zero-order chi connectivity index (χ0) is 13.1. The number of phenols is 1. The number of rotatable bonds is 3. The van der Waals surface area contributed by atoms with E-state index in [-0.39, 0.29) is 5.75 Å². The summed E-state index contributed by atoms with van der Waals surface area (Å²) in [6.07, 6.45) is 3.88. The number of thiazole rings is 1. The molecule has 1 heterocycles. The minimum absolute atomic E-state index is 0.111. The number of nitrogens with zero attached hydrogens (tertiary/aromatic N) is 1. The number of phenolic OH excluding ortho intramolecular Hbond substituents is 1. The van der Waals surface area contributed by atoms with Crippen LogP contribution >= 0.6 is 27.3 Å². The Kier molecular flexibility index (Phi) is 4.04. The van der Waals surface area contributed by atoms with E-state index in [9.17, 15) is 5.11 Å². The Morgan fingerprint density at radius 2 is 2.17 bits per heavy atom. The van der Waals surface area contributed by atoms with E-state index in [1.54, 1.807) is 17.4 Å². The molecule has 1 N–H and O–H groups in total. The van der Waals surface area contributed by atoms with Crippen molar-refractivity contribution in [2.24, 2.45) is 0 Å². The van der Waals surface area contributed by atoms with Crippen LogP contribution < -0.4 is 4.74 Å². The van der Waals surface area contributed by atoms with E-state index in [2.05, 4.69) is 20.9 Å². The number of aromatic nitrogens is 1. The molecule has 0 amide bonds. The Morgan fingerprint density at radius 3 is 2.78 bits per heavy atom. The number of ether oxygens (including phenoxy) is 1. The molecule has 0 saturated heterocycles. The topological polar surface area (TPSA) is 42.4 Å². The Labute approximate surface area is 118 Å². The van der Waals surface area contributed by atoms with Gasteiger partial charge in [-0.3, -0.25) is 0 Å². The maximum atomic E-state index is 9.70. The first-order valence-corrected chi connectivity index (χ1v) is 6.94. The molecule has 1 aromatic heterocycles. The molecular weight excluding hydrogens is 314 g/mol. The standard InChI is InChI=1S/C13H12BrNO2S/c1-8-7-18-12(15-8)4-3-9-5-10(14)13(16)11(6-9)17-2/h3-7,16H,1-2H3/b4-3+. The highest BCUT2D eigenvalue weighted by atomic mass is 79.9. The quantitative estimate of drug-likeness (QED) is 0.923. The van der Waals surface area contributed by atoms with Crippen LogP contribution in [-0.2, 0) is 0 Å². The zero-order valence-electron chi connectivity index (χ0n) is 9.98. The van der Waals surface area contributed by atoms with E-state index in [1.165, 1.54) is 7.11 Å². The molecule has 0 aliphatic rings. The maximum Gasteiger partial charge on any atom is 0.172 e. The van der Waals surface area contributed by atoms with Gasteiger partial charge in [0.1, 0.15) is 5.01 Å². The predicted molar refractivity (Wildman–Crippen MR) is 78.1 cm³/mol. The van der Waals surface area contributed by atoms with Gasteiger partial charge in [-0.25, -0.2) is 4.98 Å². The summed E-state index contributed by atoms with van der Waals surface area (Å²) in [7, 11) is 1.53. The van der Waals surface area contributed by atoms with Crippen molar-refractivity contribution in [3.05, 3.63) is 38.3 Å². The van der Waals surface area contributed by atoms with Crippen molar-refractivity contribution in [1.29, 1.82) is 0 Å². The van der Waals surface area contributed by atoms with Crippen molar-refractivity contribution in [2.75, 3.05) is 7.11 Å². The van der Waals surface area contributed by atoms with Gasteiger partial charge >= 0.3 is 0 Å². The fourth-order valence-electron chi connectivity index (χ4n) is 1.46. The molecule has 2 rings (SSSR count). The number of hydrogen-bond donors (Lipinski definition) is 1. The molecule has 5 heteroatoms. The highest BCUT2D eigenvalue weighted by Gasteiger charge is 2.07. The van der Waals surface area contributed by atoms with Gasteiger partial charge in [0, 0.05) is 11.1 Å². The third-order valence-corrected chi connectivity index (χ3v) is 3.86. The molecule has 94 valence electrons. The summed E-state index contributed by atoms with van der Waals surface area (Å²) in [5, 5.41) is 12.7. The lowest BCUT2D eigenvalue weighted by molar-refractivity contribution is 0.372. The van der Waals surface area contributed by atoms with E-state index in [0.29, 0.717) is 10.2 Å². The van der Waals surface area contributed by atoms with Gasteiger partial charge in [-0.15, -0.1) is 11.3 Å². The Morgan fingerprint density at radius 1 is 1.39 bits per heavy atom. The molecule has 0 atom stereocenters. The van der Waals surface area contributed by atoms with Crippen molar-refractivity contribution in [3.8, 4) is 11.5 Å². The van der Waals surface area contributed by atoms with Crippen molar-refractivity contribution in [1.82, 2.24) is 4.98 Å². The first-order valence-electron chi connectivity index (χ1n) is 5.27. The van der Waals surface area contributed by atoms with Crippen LogP contribution in [0.2, 0.25) is 0 Å². The summed E-state index contributed by atoms with van der Waals surface area (Å²) in [6, 6.07) is 3.60. The highest BCUT2D eigenvalue weighted by Crippen LogP contribution is 2.35. The number of aromatic hydroxyl groups is 1. The minimum Gasteiger partial charge on any atom is -0.503 e. The van der Waals surface area contributed by atoms with E-state index < -0.39 is 0 Å². The first kappa shape index (κ1) is 13.1. The Balaban J connectivity index is 2.29. The van der Waals surface area contributed by atoms with Crippen LogP contribution in [0.15, 0.2) is 22.0 Å². The van der Waals surface area contributed by atoms with Gasteiger partial charge in [0.15, 0.2) is 11.5 Å². The van der Waals surface area contributed by atoms with Gasteiger partial charge < -0.3 is 9.84 Å². The van der Waals surface area contributed by atoms with Crippen LogP contribution in [0.3, 0.4) is 0 Å². The van der Waals surface area contributed by atoms with E-state index in [1.807, 2.05) is 30.5 Å². The molecule has 0 bridgehead atoms. The van der Waals surface area contributed by atoms with E-state index >= 15 is 0 Å². The van der Waals surface area contributed by atoms with Gasteiger partial charge in [0.25, 0.3) is 0 Å². The van der Waals surface area contributed by atoms with Crippen LogP contribution in [0, 0.1) is 6.92 Å². The number of hydrogen-bond acceptors (Lipinski definition) is 4. The van der Waals surface area contributed by atoms with E-state index in [4.69, 9.17) is 4.74 Å². The van der Waals surface area contributed by atoms with Crippen molar-refractivity contribution in [2.45, 2.75) is 6.92 Å². The van der Waals surface area contributed by atoms with Gasteiger partial charge in [0.2, 0.25) is 0 Å². The molecule has 1 aromatic carbocycles. The maximum absolute atomic E-state index is 9.70. The Hall–Kier alpha value is -1.33. The van der Waals surface area contributed by atoms with Crippen molar-refractivity contribution < 1.29 is 9.84 Å². The molecule has 0 aliphatic carbocycles. The smallest absolute Gasteiger partial charge is 0.172 e. The number of aryl methyl sites for hydroxylation is 1. The molecule has 0 fully saturated rings. The van der Waals surface area contributed by atoms with E-state index in [0.717, 1.165) is 16.3 Å². The Bertz CT molecular complexity index is 593. The second-order valence-electron chi connectivity index (χ2n) is 3.71. The van der Waals surface area contributed by atoms with Gasteiger partial charge in [-0.05, 0) is 46.6 Å². The summed E-state index contributed by atoms with van der Waals surface area (Å²) in [5.41, 5.74) is 1.95. The lowest BCUT2D eigenvalue weighted by Gasteiger charge is -2.06. The monoisotopic (exact) mass is 325 g/mol. The van der Waals surface area contributed by atoms with Crippen molar-refractivity contribution in [3.63, 3.8) is 0 Å². The number of methoxy groups -OCH3 is 1. The minimum atomic E-state index is 0.111. The zero-order valence-corrected chi connectivity index (χ0v) is 12.4. The summed E-state index contributed by atoms with van der Waals surface area (Å²) >= 11 is 4.89. The second-order valence-corrected chi connectivity index (χ2v) is 5.46. The first-order chi connectivity index (χ1) is 8.60. The summed E-state index contributed by atoms with van der Waals surface area (Å²) in [6.45, 7) is 1.97. The normalized spacial score (nSPS) is 11.1. The molecular formula is C13H12BrNO2S. The molecule has 0 saturated carbocycles. The molecule has 18 heavy (non-hydrogen) atoms. The van der Waals surface area contributed by atoms with Crippen LogP contribution in [0.4, 0.5) is 0 Å². The van der Waals surface area contributed by atoms with Crippen LogP contribution in [-0.4, -0.2) is 17.2 Å². The van der Waals surface area contributed by atoms with Crippen LogP contribution in [0.25, 0.3) is 12.2 Å². The molecule has 0 aliphatic heterocycles. The van der Waals surface area contributed by atoms with Gasteiger partial charge in [0.05, 0.1) is 11.6 Å². The van der Waals surface area contributed by atoms with Crippen molar-refractivity contribution >= 4 is 39.4 Å². The second kappa shape index (κ2) is 5.54. The highest BCUT2D eigenvalue weighted by molar-refractivity contribution is 9.10. The fraction of sp³-hybridized carbons (Fsp3) is 0.154. The predicted octanol–water partition coefficient (Wildman–Crippen LogP) is 4.10. The average molecular weight is 326 g/mol. The summed E-state index contributed by atoms with van der Waals surface area (Å²) < 4.78 is 5.70. The molecule has 0 spiro atoms. The van der Waals surface area contributed by atoms with Gasteiger partial charge in [-0.2, -0.15) is 0 Å². The largest absolute Gasteiger partial charge is 0.503 e.